The molecule has 1 aliphatic rings. The van der Waals surface area contributed by atoms with Gasteiger partial charge in [0.2, 0.25) is 10.0 Å². The van der Waals surface area contributed by atoms with Gasteiger partial charge in [0.15, 0.2) is 0 Å². The van der Waals surface area contributed by atoms with E-state index < -0.39 is 27.6 Å². The third kappa shape index (κ3) is 4.70. The molecule has 1 saturated heterocycles. The van der Waals surface area contributed by atoms with E-state index in [2.05, 4.69) is 5.32 Å². The van der Waals surface area contributed by atoms with Gasteiger partial charge in [-0.3, -0.25) is 4.79 Å². The molecule has 0 radical (unpaired) electrons. The van der Waals surface area contributed by atoms with Crippen LogP contribution in [0.4, 0.5) is 14.5 Å². The molecule has 2 aromatic rings. The van der Waals surface area contributed by atoms with E-state index in [4.69, 9.17) is 0 Å². The Morgan fingerprint density at radius 1 is 0.926 bits per heavy atom. The summed E-state index contributed by atoms with van der Waals surface area (Å²) in [5.41, 5.74) is 0.0499. The number of carbonyl (C=O) groups is 1. The van der Waals surface area contributed by atoms with E-state index >= 15 is 0 Å². The van der Waals surface area contributed by atoms with Crippen LogP contribution in [0.15, 0.2) is 47.4 Å². The Balaban J connectivity index is 1.81. The van der Waals surface area contributed by atoms with Gasteiger partial charge in [0.1, 0.15) is 11.6 Å². The van der Waals surface area contributed by atoms with Gasteiger partial charge in [-0.2, -0.15) is 4.31 Å². The number of hydrogen-bond donors (Lipinski definition) is 1. The number of rotatable bonds is 4. The maximum absolute atomic E-state index is 13.3. The zero-order chi connectivity index (χ0) is 19.4. The second kappa shape index (κ2) is 8.14. The van der Waals surface area contributed by atoms with Crippen LogP contribution in [0.1, 0.15) is 36.0 Å². The highest BCUT2D eigenvalue weighted by molar-refractivity contribution is 7.89. The maximum Gasteiger partial charge on any atom is 0.255 e. The Bertz CT molecular complexity index is 919. The number of amides is 1. The number of anilines is 1. The minimum Gasteiger partial charge on any atom is -0.322 e. The minimum atomic E-state index is -3.66. The lowest BCUT2D eigenvalue weighted by Gasteiger charge is -2.20. The van der Waals surface area contributed by atoms with Crippen molar-refractivity contribution >= 4 is 21.6 Å². The SMILES string of the molecule is O=C(Nc1cccc(S(=O)(=O)N2CCCCCC2)c1)c1cc(F)cc(F)c1. The Hall–Kier alpha value is -2.32. The highest BCUT2D eigenvalue weighted by Crippen LogP contribution is 2.23. The van der Waals surface area contributed by atoms with E-state index in [1.54, 1.807) is 0 Å². The van der Waals surface area contributed by atoms with Crippen LogP contribution in [0, 0.1) is 11.6 Å². The molecule has 0 unspecified atom stereocenters. The van der Waals surface area contributed by atoms with Gasteiger partial charge >= 0.3 is 0 Å². The van der Waals surface area contributed by atoms with E-state index in [0.717, 1.165) is 37.8 Å². The number of nitrogens with one attached hydrogen (secondary N) is 1. The number of sulfonamides is 1. The van der Waals surface area contributed by atoms with Gasteiger partial charge in [0, 0.05) is 30.4 Å². The molecule has 0 aromatic heterocycles. The van der Waals surface area contributed by atoms with Crippen LogP contribution in [-0.4, -0.2) is 31.7 Å². The van der Waals surface area contributed by atoms with Crippen molar-refractivity contribution < 1.29 is 22.0 Å². The van der Waals surface area contributed by atoms with E-state index in [0.29, 0.717) is 19.2 Å². The molecule has 1 amide bonds. The van der Waals surface area contributed by atoms with Crippen LogP contribution in [0.25, 0.3) is 0 Å². The van der Waals surface area contributed by atoms with Crippen molar-refractivity contribution in [3.8, 4) is 0 Å². The first kappa shape index (κ1) is 19.4. The number of hydrogen-bond acceptors (Lipinski definition) is 3. The minimum absolute atomic E-state index is 0.0765. The van der Waals surface area contributed by atoms with E-state index in [-0.39, 0.29) is 16.1 Å². The summed E-state index contributed by atoms with van der Waals surface area (Å²) in [7, 11) is -3.66. The summed E-state index contributed by atoms with van der Waals surface area (Å²) >= 11 is 0. The zero-order valence-electron chi connectivity index (χ0n) is 14.6. The molecule has 3 rings (SSSR count). The zero-order valence-corrected chi connectivity index (χ0v) is 15.4. The van der Waals surface area contributed by atoms with E-state index in [1.807, 2.05) is 0 Å². The van der Waals surface area contributed by atoms with Crippen molar-refractivity contribution in [2.45, 2.75) is 30.6 Å². The highest BCUT2D eigenvalue weighted by Gasteiger charge is 2.25. The smallest absolute Gasteiger partial charge is 0.255 e. The van der Waals surface area contributed by atoms with E-state index in [1.165, 1.54) is 28.6 Å². The molecule has 0 aliphatic carbocycles. The summed E-state index contributed by atoms with van der Waals surface area (Å²) in [6.45, 7) is 0.947. The maximum atomic E-state index is 13.3. The molecule has 0 spiro atoms. The normalized spacial score (nSPS) is 15.9. The summed E-state index contributed by atoms with van der Waals surface area (Å²) in [5.74, 6) is -2.45. The highest BCUT2D eigenvalue weighted by atomic mass is 32.2. The summed E-state index contributed by atoms with van der Waals surface area (Å²) in [6.07, 6.45) is 3.65. The monoisotopic (exact) mass is 394 g/mol. The number of nitrogens with zero attached hydrogens (tertiary/aromatic N) is 1. The molecule has 1 fully saturated rings. The van der Waals surface area contributed by atoms with Crippen LogP contribution in [-0.2, 0) is 10.0 Å². The fourth-order valence-electron chi connectivity index (χ4n) is 3.05. The van der Waals surface area contributed by atoms with Gasteiger partial charge in [-0.25, -0.2) is 17.2 Å². The molecule has 0 bridgehead atoms. The molecular formula is C19H20F2N2O3S. The van der Waals surface area contributed by atoms with Crippen LogP contribution in [0.5, 0.6) is 0 Å². The molecule has 27 heavy (non-hydrogen) atoms. The lowest BCUT2D eigenvalue weighted by Crippen LogP contribution is -2.32. The summed E-state index contributed by atoms with van der Waals surface area (Å²) in [6, 6.07) is 8.37. The molecule has 2 aromatic carbocycles. The Morgan fingerprint density at radius 3 is 2.19 bits per heavy atom. The predicted molar refractivity (Wildman–Crippen MR) is 98.0 cm³/mol. The number of benzene rings is 2. The van der Waals surface area contributed by atoms with Crippen LogP contribution < -0.4 is 5.32 Å². The largest absolute Gasteiger partial charge is 0.322 e. The first-order valence-electron chi connectivity index (χ1n) is 8.74. The van der Waals surface area contributed by atoms with Crippen molar-refractivity contribution in [1.29, 1.82) is 0 Å². The summed E-state index contributed by atoms with van der Waals surface area (Å²) in [5, 5.41) is 2.49. The van der Waals surface area contributed by atoms with Crippen LogP contribution in [0.2, 0.25) is 0 Å². The number of halogens is 2. The lowest BCUT2D eigenvalue weighted by atomic mass is 10.2. The Morgan fingerprint density at radius 2 is 1.56 bits per heavy atom. The van der Waals surface area contributed by atoms with Crippen molar-refractivity contribution in [3.63, 3.8) is 0 Å². The Labute approximate surface area is 157 Å². The second-order valence-corrected chi connectivity index (χ2v) is 8.40. The first-order chi connectivity index (χ1) is 12.9. The third-order valence-electron chi connectivity index (χ3n) is 4.42. The van der Waals surface area contributed by atoms with Crippen LogP contribution >= 0.6 is 0 Å². The van der Waals surface area contributed by atoms with Gasteiger partial charge in [0.05, 0.1) is 4.90 Å². The van der Waals surface area contributed by atoms with Gasteiger partial charge in [-0.15, -0.1) is 0 Å². The van der Waals surface area contributed by atoms with Gasteiger partial charge in [0.25, 0.3) is 5.91 Å². The molecule has 0 saturated carbocycles. The molecule has 0 atom stereocenters. The second-order valence-electron chi connectivity index (χ2n) is 6.46. The van der Waals surface area contributed by atoms with Gasteiger partial charge < -0.3 is 5.32 Å². The summed E-state index contributed by atoms with van der Waals surface area (Å²) < 4.78 is 53.7. The fourth-order valence-corrected chi connectivity index (χ4v) is 4.62. The molecule has 1 heterocycles. The topological polar surface area (TPSA) is 66.5 Å². The van der Waals surface area contributed by atoms with Crippen molar-refractivity contribution in [1.82, 2.24) is 4.31 Å². The van der Waals surface area contributed by atoms with Gasteiger partial charge in [-0.1, -0.05) is 18.9 Å². The first-order valence-corrected chi connectivity index (χ1v) is 10.2. The molecule has 144 valence electrons. The van der Waals surface area contributed by atoms with Gasteiger partial charge in [-0.05, 0) is 43.2 Å². The quantitative estimate of drug-likeness (QED) is 0.858. The van der Waals surface area contributed by atoms with Crippen molar-refractivity contribution in [2.24, 2.45) is 0 Å². The summed E-state index contributed by atoms with van der Waals surface area (Å²) in [4.78, 5) is 12.3. The molecule has 1 aliphatic heterocycles. The Kier molecular flexibility index (Phi) is 5.86. The standard InChI is InChI=1S/C19H20F2N2O3S/c20-15-10-14(11-16(21)12-15)19(24)22-17-6-5-7-18(13-17)27(25,26)23-8-3-1-2-4-9-23/h5-7,10-13H,1-4,8-9H2,(H,22,24). The molecule has 1 N–H and O–H groups in total. The predicted octanol–water partition coefficient (Wildman–Crippen LogP) is 3.78. The lowest BCUT2D eigenvalue weighted by molar-refractivity contribution is 0.102. The fraction of sp³-hybridized carbons (Fsp3) is 0.316. The average molecular weight is 394 g/mol. The number of carbonyl (C=O) groups excluding carboxylic acids is 1. The van der Waals surface area contributed by atoms with Crippen molar-refractivity contribution in [3.05, 3.63) is 59.7 Å². The third-order valence-corrected chi connectivity index (χ3v) is 6.31. The molecule has 8 heteroatoms. The molecule has 5 nitrogen and oxygen atoms in total. The van der Waals surface area contributed by atoms with Crippen molar-refractivity contribution in [2.75, 3.05) is 18.4 Å². The van der Waals surface area contributed by atoms with Crippen LogP contribution in [0.3, 0.4) is 0 Å². The van der Waals surface area contributed by atoms with E-state index in [9.17, 15) is 22.0 Å². The molecular weight excluding hydrogens is 374 g/mol. The average Bonchev–Trinajstić information content (AvgIpc) is 2.91.